The third-order valence-electron chi connectivity index (χ3n) is 3.80. The van der Waals surface area contributed by atoms with Gasteiger partial charge in [0.05, 0.1) is 13.7 Å². The average molecular weight is 362 g/mol. The van der Waals surface area contributed by atoms with Crippen LogP contribution in [0.4, 0.5) is 5.69 Å². The van der Waals surface area contributed by atoms with Crippen LogP contribution in [0, 0.1) is 0 Å². The minimum Gasteiger partial charge on any atom is -0.495 e. The van der Waals surface area contributed by atoms with Crippen molar-refractivity contribution >= 4 is 21.6 Å². The van der Waals surface area contributed by atoms with Crippen molar-refractivity contribution < 1.29 is 17.9 Å². The average Bonchev–Trinajstić information content (AvgIpc) is 2.61. The summed E-state index contributed by atoms with van der Waals surface area (Å²) in [5.41, 5.74) is 1.68. The monoisotopic (exact) mass is 362 g/mol. The van der Waals surface area contributed by atoms with Crippen LogP contribution in [0.1, 0.15) is 12.5 Å². The molecule has 0 aliphatic carbocycles. The quantitative estimate of drug-likeness (QED) is 0.821. The van der Waals surface area contributed by atoms with Crippen molar-refractivity contribution in [3.63, 3.8) is 0 Å². The molecule has 25 heavy (non-hydrogen) atoms. The summed E-state index contributed by atoms with van der Waals surface area (Å²) in [5.74, 6) is -0.159. The summed E-state index contributed by atoms with van der Waals surface area (Å²) in [7, 11) is -1.06. The molecule has 2 aromatic carbocycles. The van der Waals surface area contributed by atoms with E-state index in [0.717, 1.165) is 16.3 Å². The molecule has 0 aliphatic rings. The Labute approximate surface area is 148 Å². The number of para-hydroxylation sites is 2. The third-order valence-corrected chi connectivity index (χ3v) is 5.64. The van der Waals surface area contributed by atoms with Crippen LogP contribution < -0.4 is 10.1 Å². The van der Waals surface area contributed by atoms with Gasteiger partial charge in [0, 0.05) is 12.7 Å². The highest BCUT2D eigenvalue weighted by molar-refractivity contribution is 7.89. The van der Waals surface area contributed by atoms with Gasteiger partial charge in [-0.1, -0.05) is 37.3 Å². The highest BCUT2D eigenvalue weighted by Crippen LogP contribution is 2.25. The maximum absolute atomic E-state index is 12.7. The first-order valence-electron chi connectivity index (χ1n) is 7.87. The summed E-state index contributed by atoms with van der Waals surface area (Å²) < 4.78 is 31.5. The van der Waals surface area contributed by atoms with Crippen LogP contribution in [0.3, 0.4) is 0 Å². The van der Waals surface area contributed by atoms with E-state index < -0.39 is 15.9 Å². The lowest BCUT2D eigenvalue weighted by molar-refractivity contribution is -0.116. The number of anilines is 1. The van der Waals surface area contributed by atoms with Crippen LogP contribution in [0.25, 0.3) is 0 Å². The molecular weight excluding hydrogens is 340 g/mol. The minimum absolute atomic E-state index is 0.0294. The van der Waals surface area contributed by atoms with Crippen LogP contribution in [-0.2, 0) is 21.2 Å². The lowest BCUT2D eigenvalue weighted by atomic mass is 10.1. The van der Waals surface area contributed by atoms with Crippen molar-refractivity contribution in [2.24, 2.45) is 0 Å². The maximum Gasteiger partial charge on any atom is 0.246 e. The zero-order valence-corrected chi connectivity index (χ0v) is 15.3. The van der Waals surface area contributed by atoms with Crippen molar-refractivity contribution in [2.75, 3.05) is 26.0 Å². The Morgan fingerprint density at radius 3 is 2.44 bits per heavy atom. The summed E-state index contributed by atoms with van der Waals surface area (Å²) in [6.07, 6.45) is 0.770. The molecule has 2 aromatic rings. The number of sulfonamides is 1. The predicted molar refractivity (Wildman–Crippen MR) is 97.3 cm³/mol. The molecule has 0 bridgehead atoms. The molecule has 0 aliphatic heterocycles. The Morgan fingerprint density at radius 1 is 1.12 bits per heavy atom. The van der Waals surface area contributed by atoms with Gasteiger partial charge in [-0.05, 0) is 30.2 Å². The van der Waals surface area contributed by atoms with Gasteiger partial charge in [-0.3, -0.25) is 4.79 Å². The van der Waals surface area contributed by atoms with Crippen LogP contribution >= 0.6 is 0 Å². The Balaban J connectivity index is 2.15. The second kappa shape index (κ2) is 8.13. The van der Waals surface area contributed by atoms with Gasteiger partial charge >= 0.3 is 0 Å². The summed E-state index contributed by atoms with van der Waals surface area (Å²) in [4.78, 5) is 12.3. The van der Waals surface area contributed by atoms with E-state index in [4.69, 9.17) is 4.74 Å². The Kier molecular flexibility index (Phi) is 6.17. The lowest BCUT2D eigenvalue weighted by Crippen LogP contribution is -2.35. The number of aryl methyl sites for hydroxylation is 1. The van der Waals surface area contributed by atoms with Gasteiger partial charge in [0.1, 0.15) is 10.6 Å². The van der Waals surface area contributed by atoms with Crippen molar-refractivity contribution in [2.45, 2.75) is 18.2 Å². The van der Waals surface area contributed by atoms with E-state index >= 15 is 0 Å². The molecule has 0 radical (unpaired) electrons. The molecule has 1 N–H and O–H groups in total. The van der Waals surface area contributed by atoms with Gasteiger partial charge in [0.15, 0.2) is 0 Å². The molecule has 0 fully saturated rings. The number of methoxy groups -OCH3 is 1. The zero-order valence-electron chi connectivity index (χ0n) is 14.5. The Bertz CT molecular complexity index is 850. The van der Waals surface area contributed by atoms with Gasteiger partial charge < -0.3 is 10.1 Å². The van der Waals surface area contributed by atoms with E-state index in [1.54, 1.807) is 24.3 Å². The number of hydrogen-bond donors (Lipinski definition) is 1. The van der Waals surface area contributed by atoms with E-state index in [9.17, 15) is 13.2 Å². The molecule has 0 spiro atoms. The van der Waals surface area contributed by atoms with Crippen molar-refractivity contribution in [3.8, 4) is 5.75 Å². The van der Waals surface area contributed by atoms with E-state index in [0.29, 0.717) is 5.69 Å². The highest BCUT2D eigenvalue weighted by Gasteiger charge is 2.26. The third kappa shape index (κ3) is 4.37. The lowest BCUT2D eigenvalue weighted by Gasteiger charge is -2.19. The molecule has 7 heteroatoms. The molecule has 0 saturated carbocycles. The normalized spacial score (nSPS) is 11.4. The first-order valence-corrected chi connectivity index (χ1v) is 9.31. The molecular formula is C18H22N2O4S. The summed E-state index contributed by atoms with van der Waals surface area (Å²) in [6, 6.07) is 13.8. The number of likely N-dealkylation sites (N-methyl/N-ethyl adjacent to an activating group) is 1. The fraction of sp³-hybridized carbons (Fsp3) is 0.278. The van der Waals surface area contributed by atoms with E-state index in [-0.39, 0.29) is 17.2 Å². The number of nitrogens with zero attached hydrogens (tertiary/aromatic N) is 1. The molecule has 6 nitrogen and oxygen atoms in total. The number of carbonyl (C=O) groups excluding carboxylic acids is 1. The number of amides is 1. The van der Waals surface area contributed by atoms with Gasteiger partial charge in [0.25, 0.3) is 0 Å². The SMILES string of the molecule is CCc1ccccc1NC(=O)CN(C)S(=O)(=O)c1ccccc1OC. The Hall–Kier alpha value is -2.38. The van der Waals surface area contributed by atoms with E-state index in [2.05, 4.69) is 5.32 Å². The number of carbonyl (C=O) groups is 1. The molecule has 1 amide bonds. The van der Waals surface area contributed by atoms with Crippen molar-refractivity contribution in [1.82, 2.24) is 4.31 Å². The molecule has 0 unspecified atom stereocenters. The zero-order chi connectivity index (χ0) is 18.4. The number of rotatable bonds is 7. The van der Waals surface area contributed by atoms with Crippen LogP contribution in [-0.4, -0.2) is 39.3 Å². The first-order chi connectivity index (χ1) is 11.9. The minimum atomic E-state index is -3.84. The second-order valence-electron chi connectivity index (χ2n) is 5.47. The molecule has 0 saturated heterocycles. The van der Waals surface area contributed by atoms with E-state index in [1.165, 1.54) is 20.2 Å². The van der Waals surface area contributed by atoms with Gasteiger partial charge in [-0.2, -0.15) is 4.31 Å². The van der Waals surface area contributed by atoms with Crippen molar-refractivity contribution in [1.29, 1.82) is 0 Å². The number of ether oxygens (including phenoxy) is 1. The standard InChI is InChI=1S/C18H22N2O4S/c1-4-14-9-5-6-10-15(14)19-18(21)13-20(2)25(22,23)17-12-8-7-11-16(17)24-3/h5-12H,4,13H2,1-3H3,(H,19,21). The number of nitrogens with one attached hydrogen (secondary N) is 1. The van der Waals surface area contributed by atoms with E-state index in [1.807, 2.05) is 25.1 Å². The predicted octanol–water partition coefficient (Wildman–Crippen LogP) is 2.52. The summed E-state index contributed by atoms with van der Waals surface area (Å²) in [6.45, 7) is 1.70. The molecule has 134 valence electrons. The number of benzene rings is 2. The van der Waals surface area contributed by atoms with Gasteiger partial charge in [-0.25, -0.2) is 8.42 Å². The smallest absolute Gasteiger partial charge is 0.246 e. The second-order valence-corrected chi connectivity index (χ2v) is 7.48. The molecule has 2 rings (SSSR count). The molecule has 0 atom stereocenters. The first kappa shape index (κ1) is 19.0. The highest BCUT2D eigenvalue weighted by atomic mass is 32.2. The molecule has 0 heterocycles. The fourth-order valence-electron chi connectivity index (χ4n) is 2.43. The summed E-state index contributed by atoms with van der Waals surface area (Å²) in [5, 5.41) is 2.77. The summed E-state index contributed by atoms with van der Waals surface area (Å²) >= 11 is 0. The fourth-order valence-corrected chi connectivity index (χ4v) is 3.71. The van der Waals surface area contributed by atoms with Crippen LogP contribution in [0.5, 0.6) is 5.75 Å². The number of hydrogen-bond acceptors (Lipinski definition) is 4. The topological polar surface area (TPSA) is 75.7 Å². The van der Waals surface area contributed by atoms with Gasteiger partial charge in [-0.15, -0.1) is 0 Å². The van der Waals surface area contributed by atoms with Crippen LogP contribution in [0.2, 0.25) is 0 Å². The van der Waals surface area contributed by atoms with Crippen molar-refractivity contribution in [3.05, 3.63) is 54.1 Å². The largest absolute Gasteiger partial charge is 0.495 e. The van der Waals surface area contributed by atoms with Gasteiger partial charge in [0.2, 0.25) is 15.9 Å². The van der Waals surface area contributed by atoms with Crippen LogP contribution in [0.15, 0.2) is 53.4 Å². The Morgan fingerprint density at radius 2 is 1.76 bits per heavy atom. The maximum atomic E-state index is 12.7. The molecule has 0 aromatic heterocycles.